The number of carbonyl (C=O) groups is 3. The summed E-state index contributed by atoms with van der Waals surface area (Å²) >= 11 is 2.12. The van der Waals surface area contributed by atoms with E-state index in [1.54, 1.807) is 18.2 Å². The molecule has 3 N–H and O–H groups in total. The summed E-state index contributed by atoms with van der Waals surface area (Å²) in [4.78, 5) is 35.8. The summed E-state index contributed by atoms with van der Waals surface area (Å²) in [5, 5.41) is 14.4. The normalized spacial score (nSPS) is 12.7. The number of carboxylic acid groups (broad SMARTS) is 1. The highest BCUT2D eigenvalue weighted by atomic mass is 127. The van der Waals surface area contributed by atoms with Gasteiger partial charge in [0.1, 0.15) is 17.9 Å². The van der Waals surface area contributed by atoms with Crippen LogP contribution in [0, 0.1) is 9.39 Å². The Morgan fingerprint density at radius 2 is 1.75 bits per heavy atom. The molecule has 0 heterocycles. The topological polar surface area (TPSA) is 95.5 Å². The van der Waals surface area contributed by atoms with Crippen LogP contribution in [0.5, 0.6) is 0 Å². The van der Waals surface area contributed by atoms with Gasteiger partial charge < -0.3 is 15.7 Å². The number of rotatable bonds is 8. The van der Waals surface area contributed by atoms with E-state index in [1.807, 2.05) is 12.1 Å². The third-order valence-corrected chi connectivity index (χ3v) is 4.69. The maximum Gasteiger partial charge on any atom is 0.326 e. The second kappa shape index (κ2) is 10.2. The van der Waals surface area contributed by atoms with Crippen LogP contribution in [-0.2, 0) is 27.2 Å². The number of nitrogens with one attached hydrogen (secondary N) is 2. The van der Waals surface area contributed by atoms with Crippen LogP contribution in [-0.4, -0.2) is 35.0 Å². The molecular formula is C20H20FIN2O4. The van der Waals surface area contributed by atoms with Crippen LogP contribution in [0.4, 0.5) is 4.39 Å². The number of halogens is 2. The van der Waals surface area contributed by atoms with Crippen LogP contribution in [0.15, 0.2) is 48.5 Å². The molecule has 0 spiro atoms. The van der Waals surface area contributed by atoms with Crippen LogP contribution in [0.25, 0.3) is 0 Å². The van der Waals surface area contributed by atoms with Crippen molar-refractivity contribution in [3.63, 3.8) is 0 Å². The SMILES string of the molecule is CC(=O)N[C@@H](Cc1ccccc1F)C(=O)N[C@H](Cc1cccc(I)c1)C(=O)O. The number of aliphatic carboxylic acids is 1. The molecule has 2 amide bonds. The van der Waals surface area contributed by atoms with Crippen LogP contribution in [0.3, 0.4) is 0 Å². The van der Waals surface area contributed by atoms with E-state index in [-0.39, 0.29) is 18.4 Å². The fourth-order valence-electron chi connectivity index (χ4n) is 2.71. The summed E-state index contributed by atoms with van der Waals surface area (Å²) in [6.45, 7) is 1.24. The molecule has 2 atom stereocenters. The highest BCUT2D eigenvalue weighted by Crippen LogP contribution is 2.12. The minimum atomic E-state index is -1.19. The predicted molar refractivity (Wildman–Crippen MR) is 110 cm³/mol. The molecule has 0 radical (unpaired) electrons. The predicted octanol–water partition coefficient (Wildman–Crippen LogP) is 2.29. The lowest BCUT2D eigenvalue weighted by molar-refractivity contribution is -0.142. The molecule has 2 rings (SSSR count). The molecule has 148 valence electrons. The van der Waals surface area contributed by atoms with Crippen LogP contribution < -0.4 is 10.6 Å². The van der Waals surface area contributed by atoms with Crippen molar-refractivity contribution < 1.29 is 23.9 Å². The minimum absolute atomic E-state index is 0.0877. The van der Waals surface area contributed by atoms with Gasteiger partial charge in [0.25, 0.3) is 0 Å². The summed E-state index contributed by atoms with van der Waals surface area (Å²) in [7, 11) is 0. The molecule has 2 aromatic rings. The fraction of sp³-hybridized carbons (Fsp3) is 0.250. The second-order valence-electron chi connectivity index (χ2n) is 6.28. The Morgan fingerprint density at radius 3 is 2.36 bits per heavy atom. The number of amides is 2. The molecule has 0 aliphatic rings. The van der Waals surface area contributed by atoms with E-state index in [0.717, 1.165) is 9.13 Å². The highest BCUT2D eigenvalue weighted by molar-refractivity contribution is 14.1. The summed E-state index contributed by atoms with van der Waals surface area (Å²) < 4.78 is 14.9. The first kappa shape index (κ1) is 21.8. The van der Waals surface area contributed by atoms with Crippen LogP contribution >= 0.6 is 22.6 Å². The van der Waals surface area contributed by atoms with Crippen LogP contribution in [0.1, 0.15) is 18.1 Å². The van der Waals surface area contributed by atoms with Crippen molar-refractivity contribution >= 4 is 40.4 Å². The molecule has 28 heavy (non-hydrogen) atoms. The lowest BCUT2D eigenvalue weighted by Crippen LogP contribution is -2.52. The molecule has 2 aromatic carbocycles. The Kier molecular flexibility index (Phi) is 7.91. The number of carboxylic acids is 1. The van der Waals surface area contributed by atoms with Crippen molar-refractivity contribution in [1.82, 2.24) is 10.6 Å². The number of carbonyl (C=O) groups excluding carboxylic acids is 2. The van der Waals surface area contributed by atoms with E-state index in [4.69, 9.17) is 0 Å². The van der Waals surface area contributed by atoms with Crippen molar-refractivity contribution in [1.29, 1.82) is 0 Å². The smallest absolute Gasteiger partial charge is 0.326 e. The van der Waals surface area contributed by atoms with E-state index < -0.39 is 35.7 Å². The first-order valence-corrected chi connectivity index (χ1v) is 9.62. The Balaban J connectivity index is 2.15. The Hall–Kier alpha value is -2.49. The summed E-state index contributed by atoms with van der Waals surface area (Å²) in [5.74, 6) is -2.85. The maximum absolute atomic E-state index is 13.9. The van der Waals surface area contributed by atoms with E-state index in [1.165, 1.54) is 25.1 Å². The van der Waals surface area contributed by atoms with Crippen molar-refractivity contribution in [2.75, 3.05) is 0 Å². The molecule has 0 unspecified atom stereocenters. The average molecular weight is 498 g/mol. The lowest BCUT2D eigenvalue weighted by Gasteiger charge is -2.21. The van der Waals surface area contributed by atoms with Gasteiger partial charge in [0.05, 0.1) is 0 Å². The van der Waals surface area contributed by atoms with Crippen molar-refractivity contribution in [3.8, 4) is 0 Å². The van der Waals surface area contributed by atoms with E-state index in [2.05, 4.69) is 33.2 Å². The van der Waals surface area contributed by atoms with E-state index in [0.29, 0.717) is 0 Å². The quantitative estimate of drug-likeness (QED) is 0.487. The largest absolute Gasteiger partial charge is 0.480 e. The summed E-state index contributed by atoms with van der Waals surface area (Å²) in [6, 6.07) is 10.9. The Morgan fingerprint density at radius 1 is 1.04 bits per heavy atom. The molecule has 0 aromatic heterocycles. The van der Waals surface area contributed by atoms with Crippen LogP contribution in [0.2, 0.25) is 0 Å². The van der Waals surface area contributed by atoms with Gasteiger partial charge in [0.15, 0.2) is 0 Å². The summed E-state index contributed by atoms with van der Waals surface area (Å²) in [5.41, 5.74) is 1.01. The monoisotopic (exact) mass is 498 g/mol. The Bertz CT molecular complexity index is 875. The van der Waals surface area contributed by atoms with Gasteiger partial charge in [-0.15, -0.1) is 0 Å². The zero-order chi connectivity index (χ0) is 20.7. The molecule has 0 saturated carbocycles. The molecule has 0 bridgehead atoms. The van der Waals surface area contributed by atoms with E-state index >= 15 is 0 Å². The maximum atomic E-state index is 13.9. The van der Waals surface area contributed by atoms with Crippen molar-refractivity contribution in [2.24, 2.45) is 0 Å². The van der Waals surface area contributed by atoms with Gasteiger partial charge in [-0.2, -0.15) is 0 Å². The van der Waals surface area contributed by atoms with E-state index in [9.17, 15) is 23.9 Å². The zero-order valence-corrected chi connectivity index (χ0v) is 17.3. The first-order chi connectivity index (χ1) is 13.3. The molecule has 0 aliphatic heterocycles. The highest BCUT2D eigenvalue weighted by Gasteiger charge is 2.27. The summed E-state index contributed by atoms with van der Waals surface area (Å²) in [6.07, 6.45) is -0.00192. The zero-order valence-electron chi connectivity index (χ0n) is 15.1. The van der Waals surface area contributed by atoms with Gasteiger partial charge in [-0.25, -0.2) is 9.18 Å². The number of hydrogen-bond acceptors (Lipinski definition) is 3. The minimum Gasteiger partial charge on any atom is -0.480 e. The lowest BCUT2D eigenvalue weighted by atomic mass is 10.0. The fourth-order valence-corrected chi connectivity index (χ4v) is 3.32. The van der Waals surface area contributed by atoms with Crippen molar-refractivity contribution in [2.45, 2.75) is 31.8 Å². The van der Waals surface area contributed by atoms with Gasteiger partial charge in [0.2, 0.25) is 11.8 Å². The molecule has 6 nitrogen and oxygen atoms in total. The second-order valence-corrected chi connectivity index (χ2v) is 7.53. The molecule has 0 saturated heterocycles. The average Bonchev–Trinajstić information content (AvgIpc) is 2.62. The van der Waals surface area contributed by atoms with Gasteiger partial charge in [-0.1, -0.05) is 30.3 Å². The molecule has 0 aliphatic carbocycles. The third kappa shape index (κ3) is 6.59. The van der Waals surface area contributed by atoms with Gasteiger partial charge >= 0.3 is 5.97 Å². The molecule has 8 heteroatoms. The standard InChI is InChI=1S/C20H20FIN2O4/c1-12(25)23-17(11-14-6-2-3-8-16(14)21)19(26)24-18(20(27)28)10-13-5-4-7-15(22)9-13/h2-9,17-18H,10-11H2,1H3,(H,23,25)(H,24,26)(H,27,28)/t17-,18+/m0/s1. The molecular weight excluding hydrogens is 478 g/mol. The van der Waals surface area contributed by atoms with Gasteiger partial charge in [-0.05, 0) is 51.9 Å². The Labute approximate surface area is 175 Å². The van der Waals surface area contributed by atoms with Crippen molar-refractivity contribution in [3.05, 3.63) is 69.0 Å². The van der Waals surface area contributed by atoms with Gasteiger partial charge in [0, 0.05) is 23.3 Å². The van der Waals surface area contributed by atoms with Gasteiger partial charge in [-0.3, -0.25) is 9.59 Å². The third-order valence-electron chi connectivity index (χ3n) is 4.02. The first-order valence-electron chi connectivity index (χ1n) is 8.54. The number of benzene rings is 2. The molecule has 0 fully saturated rings. The number of hydrogen-bond donors (Lipinski definition) is 3.